The minimum Gasteiger partial charge on any atom is -0.394 e. The zero-order valence-electron chi connectivity index (χ0n) is 12.0. The Bertz CT molecular complexity index is 414. The number of amides is 2. The average molecular weight is 276 g/mol. The Morgan fingerprint density at radius 1 is 1.25 bits per heavy atom. The van der Waals surface area contributed by atoms with Crippen LogP contribution in [-0.2, 0) is 0 Å². The van der Waals surface area contributed by atoms with Crippen LogP contribution in [0.1, 0.15) is 44.2 Å². The highest BCUT2D eigenvalue weighted by atomic mass is 16.3. The molecular weight excluding hydrogens is 252 g/mol. The summed E-state index contributed by atoms with van der Waals surface area (Å²) in [7, 11) is 0. The van der Waals surface area contributed by atoms with Crippen molar-refractivity contribution in [1.82, 2.24) is 10.6 Å². The first-order valence-corrected chi connectivity index (χ1v) is 7.42. The molecular formula is C16H24N2O2. The highest BCUT2D eigenvalue weighted by Gasteiger charge is 2.21. The maximum atomic E-state index is 12.0. The quantitative estimate of drug-likeness (QED) is 0.791. The third-order valence-corrected chi connectivity index (χ3v) is 4.04. The molecule has 1 aromatic carbocycles. The number of aliphatic hydroxyl groups is 1. The molecule has 1 saturated carbocycles. The summed E-state index contributed by atoms with van der Waals surface area (Å²) in [4.78, 5) is 12.0. The maximum Gasteiger partial charge on any atom is 0.315 e. The molecule has 1 fully saturated rings. The van der Waals surface area contributed by atoms with Gasteiger partial charge in [-0.05, 0) is 37.2 Å². The Balaban J connectivity index is 1.84. The second-order valence-electron chi connectivity index (χ2n) is 5.72. The summed E-state index contributed by atoms with van der Waals surface area (Å²) in [6.07, 6.45) is 4.44. The van der Waals surface area contributed by atoms with E-state index in [-0.39, 0.29) is 24.7 Å². The van der Waals surface area contributed by atoms with Gasteiger partial charge in [-0.1, -0.05) is 37.3 Å². The van der Waals surface area contributed by atoms with E-state index in [0.29, 0.717) is 0 Å². The number of hydrogen-bond donors (Lipinski definition) is 3. The molecule has 0 spiro atoms. The Labute approximate surface area is 120 Å². The Hall–Kier alpha value is -1.55. The molecule has 3 N–H and O–H groups in total. The number of aliphatic hydroxyl groups excluding tert-OH is 1. The second-order valence-corrected chi connectivity index (χ2v) is 5.72. The molecule has 1 aliphatic carbocycles. The van der Waals surface area contributed by atoms with E-state index in [4.69, 9.17) is 0 Å². The fourth-order valence-electron chi connectivity index (χ4n) is 2.71. The largest absolute Gasteiger partial charge is 0.394 e. The fraction of sp³-hybridized carbons (Fsp3) is 0.562. The zero-order chi connectivity index (χ0) is 14.4. The smallest absolute Gasteiger partial charge is 0.315 e. The van der Waals surface area contributed by atoms with E-state index < -0.39 is 0 Å². The van der Waals surface area contributed by atoms with Gasteiger partial charge in [0.1, 0.15) is 0 Å². The molecule has 0 bridgehead atoms. The number of rotatable bonds is 4. The van der Waals surface area contributed by atoms with Gasteiger partial charge in [0.15, 0.2) is 0 Å². The Kier molecular flexibility index (Phi) is 5.41. The molecule has 0 saturated heterocycles. The lowest BCUT2D eigenvalue weighted by Gasteiger charge is -2.27. The highest BCUT2D eigenvalue weighted by Crippen LogP contribution is 2.23. The lowest BCUT2D eigenvalue weighted by Crippen LogP contribution is -2.45. The predicted octanol–water partition coefficient (Wildman–Crippen LogP) is 2.60. The number of hydrogen-bond acceptors (Lipinski definition) is 2. The van der Waals surface area contributed by atoms with Crippen molar-refractivity contribution in [1.29, 1.82) is 0 Å². The summed E-state index contributed by atoms with van der Waals surface area (Å²) in [5, 5.41) is 15.3. The topological polar surface area (TPSA) is 61.4 Å². The molecule has 1 aromatic rings. The normalized spacial score (nSPS) is 23.9. The van der Waals surface area contributed by atoms with Crippen LogP contribution in [0.4, 0.5) is 4.79 Å². The van der Waals surface area contributed by atoms with Gasteiger partial charge in [0.05, 0.1) is 12.6 Å². The van der Waals surface area contributed by atoms with Crippen molar-refractivity contribution in [2.75, 3.05) is 6.61 Å². The minimum atomic E-state index is -0.348. The van der Waals surface area contributed by atoms with Crippen LogP contribution in [0.15, 0.2) is 30.3 Å². The van der Waals surface area contributed by atoms with E-state index in [1.807, 2.05) is 30.3 Å². The standard InChI is InChI=1S/C16H24N2O2/c1-12-7-9-14(10-8-12)17-16(20)18-15(11-19)13-5-3-2-4-6-13/h2-6,12,14-15,19H,7-11H2,1H3,(H2,17,18,20). The predicted molar refractivity (Wildman–Crippen MR) is 79.4 cm³/mol. The van der Waals surface area contributed by atoms with Crippen LogP contribution in [0.2, 0.25) is 0 Å². The summed E-state index contributed by atoms with van der Waals surface area (Å²) >= 11 is 0. The van der Waals surface area contributed by atoms with Crippen molar-refractivity contribution < 1.29 is 9.90 Å². The molecule has 0 aliphatic heterocycles. The van der Waals surface area contributed by atoms with Crippen LogP contribution in [0.25, 0.3) is 0 Å². The molecule has 4 heteroatoms. The van der Waals surface area contributed by atoms with Crippen LogP contribution >= 0.6 is 0 Å². The first kappa shape index (κ1) is 14.9. The summed E-state index contributed by atoms with van der Waals surface area (Å²) in [5.41, 5.74) is 0.919. The molecule has 1 atom stereocenters. The van der Waals surface area contributed by atoms with Gasteiger partial charge >= 0.3 is 6.03 Å². The molecule has 1 unspecified atom stereocenters. The van der Waals surface area contributed by atoms with Crippen LogP contribution in [0.3, 0.4) is 0 Å². The first-order valence-electron chi connectivity index (χ1n) is 7.42. The molecule has 2 rings (SSSR count). The molecule has 2 amide bonds. The van der Waals surface area contributed by atoms with E-state index in [0.717, 1.165) is 24.3 Å². The van der Waals surface area contributed by atoms with Crippen molar-refractivity contribution in [2.45, 2.75) is 44.7 Å². The number of urea groups is 1. The van der Waals surface area contributed by atoms with E-state index in [9.17, 15) is 9.90 Å². The summed E-state index contributed by atoms with van der Waals surface area (Å²) in [6, 6.07) is 9.27. The summed E-state index contributed by atoms with van der Waals surface area (Å²) in [6.45, 7) is 2.16. The number of carbonyl (C=O) groups excluding carboxylic acids is 1. The number of benzene rings is 1. The van der Waals surface area contributed by atoms with Crippen LogP contribution in [0, 0.1) is 5.92 Å². The molecule has 1 aliphatic rings. The van der Waals surface area contributed by atoms with Gasteiger partial charge < -0.3 is 15.7 Å². The van der Waals surface area contributed by atoms with Gasteiger partial charge in [-0.2, -0.15) is 0 Å². The van der Waals surface area contributed by atoms with Gasteiger partial charge in [0.25, 0.3) is 0 Å². The zero-order valence-corrected chi connectivity index (χ0v) is 12.0. The van der Waals surface area contributed by atoms with Gasteiger partial charge in [-0.25, -0.2) is 4.79 Å². The third-order valence-electron chi connectivity index (χ3n) is 4.04. The second kappa shape index (κ2) is 7.29. The number of nitrogens with one attached hydrogen (secondary N) is 2. The van der Waals surface area contributed by atoms with Crippen LogP contribution in [0.5, 0.6) is 0 Å². The van der Waals surface area contributed by atoms with Crippen molar-refractivity contribution >= 4 is 6.03 Å². The van der Waals surface area contributed by atoms with Crippen molar-refractivity contribution in [3.8, 4) is 0 Å². The van der Waals surface area contributed by atoms with Crippen molar-refractivity contribution in [3.05, 3.63) is 35.9 Å². The van der Waals surface area contributed by atoms with E-state index in [2.05, 4.69) is 17.6 Å². The summed E-state index contributed by atoms with van der Waals surface area (Å²) in [5.74, 6) is 0.769. The lowest BCUT2D eigenvalue weighted by molar-refractivity contribution is 0.208. The summed E-state index contributed by atoms with van der Waals surface area (Å²) < 4.78 is 0. The van der Waals surface area contributed by atoms with Crippen molar-refractivity contribution in [2.24, 2.45) is 5.92 Å². The van der Waals surface area contributed by atoms with Crippen LogP contribution in [-0.4, -0.2) is 23.8 Å². The molecule has 4 nitrogen and oxygen atoms in total. The van der Waals surface area contributed by atoms with E-state index >= 15 is 0 Å². The number of carbonyl (C=O) groups is 1. The van der Waals surface area contributed by atoms with Crippen molar-refractivity contribution in [3.63, 3.8) is 0 Å². The highest BCUT2D eigenvalue weighted by molar-refractivity contribution is 5.74. The Morgan fingerprint density at radius 3 is 2.50 bits per heavy atom. The van der Waals surface area contributed by atoms with Crippen LogP contribution < -0.4 is 10.6 Å². The SMILES string of the molecule is CC1CCC(NC(=O)NC(CO)c2ccccc2)CC1. The maximum absolute atomic E-state index is 12.0. The first-order chi connectivity index (χ1) is 9.69. The molecule has 20 heavy (non-hydrogen) atoms. The Morgan fingerprint density at radius 2 is 1.90 bits per heavy atom. The minimum absolute atomic E-state index is 0.0981. The third kappa shape index (κ3) is 4.23. The average Bonchev–Trinajstić information content (AvgIpc) is 2.48. The van der Waals surface area contributed by atoms with Gasteiger partial charge in [-0.15, -0.1) is 0 Å². The fourth-order valence-corrected chi connectivity index (χ4v) is 2.71. The monoisotopic (exact) mass is 276 g/mol. The van der Waals surface area contributed by atoms with Gasteiger partial charge in [-0.3, -0.25) is 0 Å². The van der Waals surface area contributed by atoms with E-state index in [1.54, 1.807) is 0 Å². The lowest BCUT2D eigenvalue weighted by atomic mass is 9.87. The molecule has 0 radical (unpaired) electrons. The molecule has 0 aromatic heterocycles. The molecule has 110 valence electrons. The van der Waals surface area contributed by atoms with E-state index in [1.165, 1.54) is 12.8 Å². The van der Waals surface area contributed by atoms with Gasteiger partial charge in [0.2, 0.25) is 0 Å². The van der Waals surface area contributed by atoms with Gasteiger partial charge in [0, 0.05) is 6.04 Å². The molecule has 0 heterocycles.